The average Bonchev–Trinajstić information content (AvgIpc) is 2.72. The van der Waals surface area contributed by atoms with Crippen molar-refractivity contribution in [2.75, 3.05) is 13.2 Å². The van der Waals surface area contributed by atoms with Crippen LogP contribution in [0.2, 0.25) is 0 Å². The molecule has 0 aliphatic carbocycles. The summed E-state index contributed by atoms with van der Waals surface area (Å²) >= 11 is 0. The summed E-state index contributed by atoms with van der Waals surface area (Å²) in [6, 6.07) is 8.79. The fourth-order valence-electron chi connectivity index (χ4n) is 2.13. The average molecular weight is 276 g/mol. The Labute approximate surface area is 118 Å². The van der Waals surface area contributed by atoms with E-state index < -0.39 is 6.04 Å². The molecule has 1 aliphatic rings. The Morgan fingerprint density at radius 2 is 1.95 bits per heavy atom. The zero-order chi connectivity index (χ0) is 14.5. The van der Waals surface area contributed by atoms with Gasteiger partial charge in [-0.15, -0.1) is 0 Å². The molecule has 1 aromatic carbocycles. The second-order valence-electron chi connectivity index (χ2n) is 5.18. The maximum Gasteiger partial charge on any atom is 0.324 e. The molecule has 0 aromatic heterocycles. The zero-order valence-electron chi connectivity index (χ0n) is 11.8. The van der Waals surface area contributed by atoms with Crippen LogP contribution >= 0.6 is 0 Å². The summed E-state index contributed by atoms with van der Waals surface area (Å²) in [6.45, 7) is 4.71. The third kappa shape index (κ3) is 3.29. The van der Waals surface area contributed by atoms with Gasteiger partial charge in [-0.05, 0) is 24.5 Å². The molecule has 3 amide bonds. The van der Waals surface area contributed by atoms with Gasteiger partial charge in [0.15, 0.2) is 0 Å². The summed E-state index contributed by atoms with van der Waals surface area (Å²) < 4.78 is 5.54. The number of hydrogen-bond acceptors (Lipinski definition) is 3. The Balaban J connectivity index is 1.77. The second kappa shape index (κ2) is 6.41. The lowest BCUT2D eigenvalue weighted by Crippen LogP contribution is -2.35. The third-order valence-electron chi connectivity index (χ3n) is 3.26. The fraction of sp³-hybridized carbons (Fsp3) is 0.467. The van der Waals surface area contributed by atoms with Crippen molar-refractivity contribution in [1.29, 1.82) is 0 Å². The molecule has 5 heteroatoms. The van der Waals surface area contributed by atoms with E-state index in [0.717, 1.165) is 5.75 Å². The molecule has 1 heterocycles. The molecule has 0 saturated carbocycles. The van der Waals surface area contributed by atoms with Gasteiger partial charge in [0.25, 0.3) is 5.91 Å². The number of nitrogens with zero attached hydrogens (tertiary/aromatic N) is 1. The molecule has 2 rings (SSSR count). The molecule has 1 aliphatic heterocycles. The molecular formula is C15H20N2O3. The van der Waals surface area contributed by atoms with E-state index >= 15 is 0 Å². The molecule has 1 fully saturated rings. The number of nitrogens with one attached hydrogen (secondary N) is 1. The number of hydrogen-bond donors (Lipinski definition) is 1. The first-order chi connectivity index (χ1) is 9.59. The fourth-order valence-corrected chi connectivity index (χ4v) is 2.13. The number of ether oxygens (including phenoxy) is 1. The monoisotopic (exact) mass is 276 g/mol. The lowest BCUT2D eigenvalue weighted by molar-refractivity contribution is -0.128. The van der Waals surface area contributed by atoms with Gasteiger partial charge in [-0.2, -0.15) is 0 Å². The van der Waals surface area contributed by atoms with Crippen LogP contribution in [0.15, 0.2) is 30.3 Å². The number of imide groups is 1. The van der Waals surface area contributed by atoms with Gasteiger partial charge in [-0.1, -0.05) is 32.0 Å². The van der Waals surface area contributed by atoms with Crippen LogP contribution in [0.25, 0.3) is 0 Å². The highest BCUT2D eigenvalue weighted by atomic mass is 16.5. The minimum Gasteiger partial charge on any atom is -0.494 e. The highest BCUT2D eigenvalue weighted by Gasteiger charge is 2.38. The van der Waals surface area contributed by atoms with Crippen molar-refractivity contribution >= 4 is 11.9 Å². The molecule has 0 spiro atoms. The summed E-state index contributed by atoms with van der Waals surface area (Å²) in [6.07, 6.45) is 0.624. The van der Waals surface area contributed by atoms with Crippen LogP contribution in [0.5, 0.6) is 5.75 Å². The van der Waals surface area contributed by atoms with E-state index in [9.17, 15) is 9.59 Å². The van der Waals surface area contributed by atoms with Crippen LogP contribution in [0.1, 0.15) is 20.3 Å². The van der Waals surface area contributed by atoms with Crippen molar-refractivity contribution < 1.29 is 14.3 Å². The SMILES string of the molecule is CC(C)C1NC(=O)N(CCCOc2ccccc2)C1=O. The summed E-state index contributed by atoms with van der Waals surface area (Å²) in [4.78, 5) is 25.0. The minimum atomic E-state index is -0.391. The molecule has 1 aromatic rings. The summed E-state index contributed by atoms with van der Waals surface area (Å²) in [7, 11) is 0. The van der Waals surface area contributed by atoms with Crippen LogP contribution < -0.4 is 10.1 Å². The summed E-state index contributed by atoms with van der Waals surface area (Å²) in [5.41, 5.74) is 0. The van der Waals surface area contributed by atoms with E-state index in [-0.39, 0.29) is 17.9 Å². The molecule has 0 radical (unpaired) electrons. The molecule has 0 bridgehead atoms. The van der Waals surface area contributed by atoms with Crippen LogP contribution in [0.3, 0.4) is 0 Å². The van der Waals surface area contributed by atoms with Crippen molar-refractivity contribution in [3.8, 4) is 5.75 Å². The Bertz CT molecular complexity index is 473. The highest BCUT2D eigenvalue weighted by molar-refractivity contribution is 6.04. The lowest BCUT2D eigenvalue weighted by Gasteiger charge is -2.14. The molecular weight excluding hydrogens is 256 g/mol. The van der Waals surface area contributed by atoms with Crippen LogP contribution in [-0.2, 0) is 4.79 Å². The van der Waals surface area contributed by atoms with E-state index in [1.807, 2.05) is 44.2 Å². The number of benzene rings is 1. The molecule has 1 N–H and O–H groups in total. The van der Waals surface area contributed by atoms with E-state index in [2.05, 4.69) is 5.32 Å². The highest BCUT2D eigenvalue weighted by Crippen LogP contribution is 2.14. The van der Waals surface area contributed by atoms with Crippen LogP contribution in [0, 0.1) is 5.92 Å². The van der Waals surface area contributed by atoms with Crippen molar-refractivity contribution in [3.63, 3.8) is 0 Å². The van der Waals surface area contributed by atoms with Crippen LogP contribution in [0.4, 0.5) is 4.79 Å². The predicted octanol–water partition coefficient (Wildman–Crippen LogP) is 2.03. The molecule has 108 valence electrons. The first-order valence-corrected chi connectivity index (χ1v) is 6.89. The summed E-state index contributed by atoms with van der Waals surface area (Å²) in [5.74, 6) is 0.770. The van der Waals surface area contributed by atoms with Crippen molar-refractivity contribution in [1.82, 2.24) is 10.2 Å². The standard InChI is InChI=1S/C15H20N2O3/c1-11(2)13-14(18)17(15(19)16-13)9-6-10-20-12-7-4-3-5-8-12/h3-5,7-8,11,13H,6,9-10H2,1-2H3,(H,16,19). The van der Waals surface area contributed by atoms with Gasteiger partial charge in [-0.25, -0.2) is 4.79 Å². The second-order valence-corrected chi connectivity index (χ2v) is 5.18. The maximum atomic E-state index is 12.0. The van der Waals surface area contributed by atoms with Crippen LogP contribution in [-0.4, -0.2) is 36.0 Å². The zero-order valence-corrected chi connectivity index (χ0v) is 11.8. The summed E-state index contributed by atoms with van der Waals surface area (Å²) in [5, 5.41) is 2.71. The van der Waals surface area contributed by atoms with Gasteiger partial charge in [0.2, 0.25) is 0 Å². The number of para-hydroxylation sites is 1. The first-order valence-electron chi connectivity index (χ1n) is 6.89. The number of amides is 3. The number of carbonyl (C=O) groups excluding carboxylic acids is 2. The van der Waals surface area contributed by atoms with Gasteiger partial charge in [-0.3, -0.25) is 9.69 Å². The minimum absolute atomic E-state index is 0.108. The van der Waals surface area contributed by atoms with Gasteiger partial charge in [0, 0.05) is 6.54 Å². The molecule has 5 nitrogen and oxygen atoms in total. The molecule has 20 heavy (non-hydrogen) atoms. The number of carbonyl (C=O) groups is 2. The first kappa shape index (κ1) is 14.4. The molecule has 1 atom stereocenters. The van der Waals surface area contributed by atoms with E-state index in [4.69, 9.17) is 4.74 Å². The molecule has 1 saturated heterocycles. The largest absolute Gasteiger partial charge is 0.494 e. The number of rotatable bonds is 6. The third-order valence-corrected chi connectivity index (χ3v) is 3.26. The topological polar surface area (TPSA) is 58.6 Å². The Morgan fingerprint density at radius 1 is 1.25 bits per heavy atom. The van der Waals surface area contributed by atoms with E-state index in [0.29, 0.717) is 19.6 Å². The maximum absolute atomic E-state index is 12.0. The van der Waals surface area contributed by atoms with Gasteiger partial charge in [0.05, 0.1) is 6.61 Å². The predicted molar refractivity (Wildman–Crippen MR) is 75.4 cm³/mol. The van der Waals surface area contributed by atoms with Gasteiger partial charge in [0.1, 0.15) is 11.8 Å². The molecule has 1 unspecified atom stereocenters. The Kier molecular flexibility index (Phi) is 4.61. The Morgan fingerprint density at radius 3 is 2.55 bits per heavy atom. The lowest BCUT2D eigenvalue weighted by atomic mass is 10.1. The van der Waals surface area contributed by atoms with Crippen molar-refractivity contribution in [3.05, 3.63) is 30.3 Å². The normalized spacial score (nSPS) is 18.6. The van der Waals surface area contributed by atoms with E-state index in [1.165, 1.54) is 4.90 Å². The van der Waals surface area contributed by atoms with Crippen molar-refractivity contribution in [2.45, 2.75) is 26.3 Å². The number of urea groups is 1. The van der Waals surface area contributed by atoms with Crippen molar-refractivity contribution in [2.24, 2.45) is 5.92 Å². The van der Waals surface area contributed by atoms with Gasteiger partial charge >= 0.3 is 6.03 Å². The smallest absolute Gasteiger partial charge is 0.324 e. The van der Waals surface area contributed by atoms with Gasteiger partial charge < -0.3 is 10.1 Å². The van der Waals surface area contributed by atoms with E-state index in [1.54, 1.807) is 0 Å². The Hall–Kier alpha value is -2.04. The quantitative estimate of drug-likeness (QED) is 0.639.